The second-order valence-corrected chi connectivity index (χ2v) is 6.62. The second-order valence-electron chi connectivity index (χ2n) is 5.58. The van der Waals surface area contributed by atoms with Gasteiger partial charge in [0.05, 0.1) is 7.11 Å². The van der Waals surface area contributed by atoms with Gasteiger partial charge in [0.25, 0.3) is 0 Å². The average molecular weight is 393 g/mol. The Bertz CT molecular complexity index is 794. The lowest BCUT2D eigenvalue weighted by Crippen LogP contribution is -3.00. The van der Waals surface area contributed by atoms with Crippen molar-refractivity contribution >= 4 is 11.3 Å². The molecular formula is C20H20ClFNO2S-. The van der Waals surface area contributed by atoms with Gasteiger partial charge in [-0.25, -0.2) is 4.39 Å². The molecule has 6 heteroatoms. The molecule has 0 aliphatic rings. The van der Waals surface area contributed by atoms with Gasteiger partial charge in [0.15, 0.2) is 11.5 Å². The Morgan fingerprint density at radius 2 is 1.69 bits per heavy atom. The maximum atomic E-state index is 12.9. The zero-order chi connectivity index (χ0) is 17.5. The molecule has 0 bridgehead atoms. The Hall–Kier alpha value is -2.08. The van der Waals surface area contributed by atoms with Gasteiger partial charge in [-0.05, 0) is 46.8 Å². The number of ether oxygens (including phenoxy) is 2. The normalized spacial score (nSPS) is 10.2. The number of nitrogens with one attached hydrogen (secondary N) is 1. The smallest absolute Gasteiger partial charge is 0.161 e. The minimum Gasteiger partial charge on any atom is -1.00 e. The van der Waals surface area contributed by atoms with E-state index in [1.807, 2.05) is 35.7 Å². The molecule has 3 nitrogen and oxygen atoms in total. The van der Waals surface area contributed by atoms with Crippen molar-refractivity contribution < 1.29 is 26.3 Å². The van der Waals surface area contributed by atoms with Crippen LogP contribution < -0.4 is 27.2 Å². The Morgan fingerprint density at radius 3 is 2.38 bits per heavy atom. The summed E-state index contributed by atoms with van der Waals surface area (Å²) >= 11 is 1.67. The molecule has 26 heavy (non-hydrogen) atoms. The molecular weight excluding hydrogens is 373 g/mol. The molecule has 0 amide bonds. The molecule has 1 heterocycles. The third-order valence-electron chi connectivity index (χ3n) is 3.75. The van der Waals surface area contributed by atoms with Crippen molar-refractivity contribution in [3.8, 4) is 11.5 Å². The maximum Gasteiger partial charge on any atom is 0.161 e. The molecule has 1 aromatic heterocycles. The topological polar surface area (TPSA) is 30.5 Å². The Kier molecular flexibility index (Phi) is 7.91. The van der Waals surface area contributed by atoms with E-state index in [2.05, 4.69) is 5.32 Å². The van der Waals surface area contributed by atoms with E-state index in [0.29, 0.717) is 19.7 Å². The molecule has 0 aliphatic heterocycles. The summed E-state index contributed by atoms with van der Waals surface area (Å²) in [5.41, 5.74) is 2.15. The standard InChI is InChI=1S/C20H20FNO2S.ClH/c1-23-20-11-16(13-22-12-15-4-7-17(21)8-5-15)6-9-19(20)24-14-18-3-2-10-25-18;/h2-11,22H,12-14H2,1H3;1H/p-1. The SMILES string of the molecule is COc1cc(CNCc2ccc(F)cc2)ccc1OCc1cccs1.[Cl-]. The lowest BCUT2D eigenvalue weighted by Gasteiger charge is -2.12. The fourth-order valence-corrected chi connectivity index (χ4v) is 3.05. The van der Waals surface area contributed by atoms with Crippen LogP contribution in [0.5, 0.6) is 11.5 Å². The molecule has 0 saturated heterocycles. The summed E-state index contributed by atoms with van der Waals surface area (Å²) in [7, 11) is 1.64. The van der Waals surface area contributed by atoms with Crippen molar-refractivity contribution in [3.63, 3.8) is 0 Å². The Balaban J connectivity index is 0.00000243. The van der Waals surface area contributed by atoms with Crippen LogP contribution in [0.2, 0.25) is 0 Å². The van der Waals surface area contributed by atoms with Gasteiger partial charge in [0, 0.05) is 18.0 Å². The van der Waals surface area contributed by atoms with Gasteiger partial charge in [0.2, 0.25) is 0 Å². The molecule has 138 valence electrons. The largest absolute Gasteiger partial charge is 1.00 e. The van der Waals surface area contributed by atoms with Crippen molar-refractivity contribution in [2.24, 2.45) is 0 Å². The molecule has 0 aliphatic carbocycles. The Morgan fingerprint density at radius 1 is 0.962 bits per heavy atom. The number of methoxy groups -OCH3 is 1. The van der Waals surface area contributed by atoms with Crippen LogP contribution in [-0.2, 0) is 19.7 Å². The fraction of sp³-hybridized carbons (Fsp3) is 0.200. The predicted molar refractivity (Wildman–Crippen MR) is 98.6 cm³/mol. The predicted octanol–water partition coefficient (Wildman–Crippen LogP) is 1.77. The van der Waals surface area contributed by atoms with Crippen LogP contribution in [0, 0.1) is 5.82 Å². The number of thiophene rings is 1. The lowest BCUT2D eigenvalue weighted by atomic mass is 10.2. The number of halogens is 2. The van der Waals surface area contributed by atoms with Crippen LogP contribution >= 0.6 is 11.3 Å². The van der Waals surface area contributed by atoms with Crippen LogP contribution in [0.25, 0.3) is 0 Å². The number of hydrogen-bond donors (Lipinski definition) is 1. The van der Waals surface area contributed by atoms with Crippen LogP contribution in [0.3, 0.4) is 0 Å². The first-order chi connectivity index (χ1) is 12.2. The van der Waals surface area contributed by atoms with Crippen molar-refractivity contribution in [1.29, 1.82) is 0 Å². The molecule has 1 N–H and O–H groups in total. The van der Waals surface area contributed by atoms with E-state index in [4.69, 9.17) is 9.47 Å². The van der Waals surface area contributed by atoms with Gasteiger partial charge in [-0.3, -0.25) is 0 Å². The first-order valence-corrected chi connectivity index (χ1v) is 8.90. The number of rotatable bonds is 8. The zero-order valence-electron chi connectivity index (χ0n) is 14.4. The first kappa shape index (κ1) is 20.2. The van der Waals surface area contributed by atoms with Crippen molar-refractivity contribution in [2.75, 3.05) is 7.11 Å². The average Bonchev–Trinajstić information content (AvgIpc) is 3.15. The molecule has 0 atom stereocenters. The molecule has 2 aromatic carbocycles. The summed E-state index contributed by atoms with van der Waals surface area (Å²) in [6.45, 7) is 1.91. The van der Waals surface area contributed by atoms with Gasteiger partial charge in [0.1, 0.15) is 12.4 Å². The van der Waals surface area contributed by atoms with Gasteiger partial charge in [-0.15, -0.1) is 11.3 Å². The molecule has 0 radical (unpaired) electrons. The van der Waals surface area contributed by atoms with Crippen LogP contribution in [0.4, 0.5) is 4.39 Å². The summed E-state index contributed by atoms with van der Waals surface area (Å²) in [6.07, 6.45) is 0. The van der Waals surface area contributed by atoms with Crippen LogP contribution in [0.1, 0.15) is 16.0 Å². The quantitative estimate of drug-likeness (QED) is 0.633. The van der Waals surface area contributed by atoms with E-state index in [-0.39, 0.29) is 18.2 Å². The summed E-state index contributed by atoms with van der Waals surface area (Å²) in [4.78, 5) is 1.17. The third-order valence-corrected chi connectivity index (χ3v) is 4.60. The first-order valence-electron chi connectivity index (χ1n) is 8.02. The van der Waals surface area contributed by atoms with E-state index in [1.54, 1.807) is 30.6 Å². The van der Waals surface area contributed by atoms with Crippen molar-refractivity contribution in [1.82, 2.24) is 5.32 Å². The Labute approximate surface area is 163 Å². The summed E-state index contributed by atoms with van der Waals surface area (Å²) in [6, 6.07) is 16.5. The molecule has 0 saturated carbocycles. The molecule has 3 rings (SSSR count). The minimum atomic E-state index is -0.216. The van der Waals surface area contributed by atoms with Crippen molar-refractivity contribution in [2.45, 2.75) is 19.7 Å². The van der Waals surface area contributed by atoms with Gasteiger partial charge in [-0.2, -0.15) is 0 Å². The van der Waals surface area contributed by atoms with Gasteiger partial charge >= 0.3 is 0 Å². The van der Waals surface area contributed by atoms with E-state index >= 15 is 0 Å². The van der Waals surface area contributed by atoms with E-state index < -0.39 is 0 Å². The highest BCUT2D eigenvalue weighted by Crippen LogP contribution is 2.29. The van der Waals surface area contributed by atoms with Gasteiger partial charge < -0.3 is 27.2 Å². The highest BCUT2D eigenvalue weighted by Gasteiger charge is 2.07. The summed E-state index contributed by atoms with van der Waals surface area (Å²) in [5, 5.41) is 5.38. The minimum absolute atomic E-state index is 0. The molecule has 0 unspecified atom stereocenters. The van der Waals surface area contributed by atoms with Crippen molar-refractivity contribution in [3.05, 3.63) is 81.8 Å². The van der Waals surface area contributed by atoms with Crippen LogP contribution in [-0.4, -0.2) is 7.11 Å². The van der Waals surface area contributed by atoms with Gasteiger partial charge in [-0.1, -0.05) is 24.3 Å². The highest BCUT2D eigenvalue weighted by molar-refractivity contribution is 7.09. The summed E-state index contributed by atoms with van der Waals surface area (Å²) < 4.78 is 24.2. The molecule has 0 spiro atoms. The zero-order valence-corrected chi connectivity index (χ0v) is 15.9. The fourth-order valence-electron chi connectivity index (χ4n) is 2.44. The molecule has 0 fully saturated rings. The third kappa shape index (κ3) is 5.73. The summed E-state index contributed by atoms with van der Waals surface area (Å²) in [5.74, 6) is 1.24. The van der Waals surface area contributed by atoms with E-state index in [1.165, 1.54) is 17.0 Å². The maximum absolute atomic E-state index is 12.9. The number of benzene rings is 2. The second kappa shape index (κ2) is 10.2. The van der Waals surface area contributed by atoms with E-state index in [9.17, 15) is 4.39 Å². The highest BCUT2D eigenvalue weighted by atomic mass is 35.5. The van der Waals surface area contributed by atoms with E-state index in [0.717, 1.165) is 22.6 Å². The number of hydrogen-bond acceptors (Lipinski definition) is 4. The van der Waals surface area contributed by atoms with Crippen LogP contribution in [0.15, 0.2) is 60.0 Å². The molecule has 3 aromatic rings. The lowest BCUT2D eigenvalue weighted by molar-refractivity contribution is -0.00000618. The monoisotopic (exact) mass is 392 g/mol.